The van der Waals surface area contributed by atoms with Crippen molar-refractivity contribution in [1.82, 2.24) is 14.9 Å². The molecule has 0 spiro atoms. The normalized spacial score (nSPS) is 14.5. The third-order valence-corrected chi connectivity index (χ3v) is 6.48. The fourth-order valence-electron chi connectivity index (χ4n) is 4.61. The Kier molecular flexibility index (Phi) is 7.81. The number of hydrogen-bond donors (Lipinski definition) is 1. The largest absolute Gasteiger partial charge is 0.494 e. The van der Waals surface area contributed by atoms with E-state index in [1.807, 2.05) is 18.2 Å². The highest BCUT2D eigenvalue weighted by Gasteiger charge is 2.20. The molecule has 5 heteroatoms. The maximum atomic E-state index is 12.5. The molecule has 3 aromatic rings. The van der Waals surface area contributed by atoms with E-state index in [9.17, 15) is 4.79 Å². The second kappa shape index (κ2) is 11.2. The molecule has 1 aliphatic rings. The van der Waals surface area contributed by atoms with E-state index in [0.717, 1.165) is 61.3 Å². The van der Waals surface area contributed by atoms with Gasteiger partial charge in [-0.3, -0.25) is 4.79 Å². The van der Waals surface area contributed by atoms with Crippen molar-refractivity contribution in [1.29, 1.82) is 0 Å². The van der Waals surface area contributed by atoms with Gasteiger partial charge in [0, 0.05) is 25.4 Å². The van der Waals surface area contributed by atoms with Crippen molar-refractivity contribution in [3.63, 3.8) is 0 Å². The summed E-state index contributed by atoms with van der Waals surface area (Å²) in [6.45, 7) is 4.30. The summed E-state index contributed by atoms with van der Waals surface area (Å²) in [5.74, 6) is 2.37. The average Bonchev–Trinajstić information content (AvgIpc) is 3.20. The Balaban J connectivity index is 1.32. The van der Waals surface area contributed by atoms with Crippen LogP contribution in [0, 0.1) is 5.92 Å². The minimum Gasteiger partial charge on any atom is -0.494 e. The molecular weight excluding hydrogens is 398 g/mol. The predicted octanol–water partition coefficient (Wildman–Crippen LogP) is 5.31. The lowest BCUT2D eigenvalue weighted by Crippen LogP contribution is -2.33. The summed E-state index contributed by atoms with van der Waals surface area (Å²) in [5.41, 5.74) is 3.48. The molecule has 32 heavy (non-hydrogen) atoms. The van der Waals surface area contributed by atoms with Crippen LogP contribution in [-0.2, 0) is 24.2 Å². The molecule has 1 N–H and O–H groups in total. The number of aromatic nitrogens is 2. The molecule has 5 nitrogen and oxygen atoms in total. The van der Waals surface area contributed by atoms with Gasteiger partial charge in [0.15, 0.2) is 0 Å². The van der Waals surface area contributed by atoms with Gasteiger partial charge in [-0.15, -0.1) is 0 Å². The quantitative estimate of drug-likeness (QED) is 0.441. The van der Waals surface area contributed by atoms with Crippen LogP contribution >= 0.6 is 0 Å². The van der Waals surface area contributed by atoms with Gasteiger partial charge in [-0.1, -0.05) is 50.5 Å². The molecule has 170 valence electrons. The van der Waals surface area contributed by atoms with Crippen LogP contribution in [0.15, 0.2) is 48.5 Å². The molecule has 1 heterocycles. The second-order valence-corrected chi connectivity index (χ2v) is 8.74. The highest BCUT2D eigenvalue weighted by Crippen LogP contribution is 2.23. The summed E-state index contributed by atoms with van der Waals surface area (Å²) >= 11 is 0. The smallest absolute Gasteiger partial charge is 0.223 e. The Morgan fingerprint density at radius 3 is 2.66 bits per heavy atom. The number of imidazole rings is 1. The molecule has 0 saturated heterocycles. The van der Waals surface area contributed by atoms with Gasteiger partial charge in [0.05, 0.1) is 17.6 Å². The first-order valence-electron chi connectivity index (χ1n) is 12.2. The number of amides is 1. The van der Waals surface area contributed by atoms with E-state index >= 15 is 0 Å². The van der Waals surface area contributed by atoms with Crippen LogP contribution in [0.4, 0.5) is 0 Å². The van der Waals surface area contributed by atoms with Gasteiger partial charge in [-0.25, -0.2) is 4.98 Å². The van der Waals surface area contributed by atoms with Crippen LogP contribution in [0.5, 0.6) is 5.75 Å². The van der Waals surface area contributed by atoms with Crippen molar-refractivity contribution < 1.29 is 9.53 Å². The van der Waals surface area contributed by atoms with Crippen LogP contribution in [0.25, 0.3) is 11.0 Å². The van der Waals surface area contributed by atoms with Crippen molar-refractivity contribution in [3.05, 3.63) is 59.9 Å². The van der Waals surface area contributed by atoms with Crippen LogP contribution < -0.4 is 10.1 Å². The van der Waals surface area contributed by atoms with Crippen LogP contribution in [0.3, 0.4) is 0 Å². The first kappa shape index (κ1) is 22.4. The van der Waals surface area contributed by atoms with Crippen LogP contribution in [-0.4, -0.2) is 28.6 Å². The zero-order valence-electron chi connectivity index (χ0n) is 19.2. The molecule has 1 amide bonds. The van der Waals surface area contributed by atoms with Crippen molar-refractivity contribution in [2.75, 3.05) is 13.2 Å². The number of nitrogens with zero attached hydrogens (tertiary/aromatic N) is 2. The number of hydrogen-bond acceptors (Lipinski definition) is 3. The van der Waals surface area contributed by atoms with E-state index < -0.39 is 0 Å². The van der Waals surface area contributed by atoms with Gasteiger partial charge in [-0.05, 0) is 55.5 Å². The predicted molar refractivity (Wildman–Crippen MR) is 129 cm³/mol. The van der Waals surface area contributed by atoms with Gasteiger partial charge in [0.25, 0.3) is 0 Å². The SMILES string of the molecule is CCc1ccc(OCCCn2c(CCNC(=O)C3CCCCC3)nc3ccccc32)cc1. The number of aryl methyl sites for hydroxylation is 2. The van der Waals surface area contributed by atoms with Crippen molar-refractivity contribution >= 4 is 16.9 Å². The monoisotopic (exact) mass is 433 g/mol. The number of ether oxygens (including phenoxy) is 1. The third kappa shape index (κ3) is 5.70. The first-order chi connectivity index (χ1) is 15.7. The summed E-state index contributed by atoms with van der Waals surface area (Å²) in [4.78, 5) is 17.3. The maximum absolute atomic E-state index is 12.5. The number of carbonyl (C=O) groups is 1. The number of carbonyl (C=O) groups excluding carboxylic acids is 1. The van der Waals surface area contributed by atoms with Crippen molar-refractivity contribution in [3.8, 4) is 5.75 Å². The Hall–Kier alpha value is -2.82. The molecular formula is C27H35N3O2. The van der Waals surface area contributed by atoms with Gasteiger partial charge < -0.3 is 14.6 Å². The highest BCUT2D eigenvalue weighted by molar-refractivity contribution is 5.78. The second-order valence-electron chi connectivity index (χ2n) is 8.74. The summed E-state index contributed by atoms with van der Waals surface area (Å²) in [6, 6.07) is 16.6. The Bertz CT molecular complexity index is 1000. The molecule has 0 bridgehead atoms. The van der Waals surface area contributed by atoms with Crippen molar-refractivity contribution in [2.24, 2.45) is 5.92 Å². The molecule has 0 radical (unpaired) electrons. The molecule has 1 saturated carbocycles. The summed E-state index contributed by atoms with van der Waals surface area (Å²) in [6.07, 6.45) is 8.37. The van der Waals surface area contributed by atoms with Gasteiger partial charge >= 0.3 is 0 Å². The Morgan fingerprint density at radius 2 is 1.88 bits per heavy atom. The van der Waals surface area contributed by atoms with Crippen LogP contribution in [0.1, 0.15) is 56.8 Å². The van der Waals surface area contributed by atoms with Crippen LogP contribution in [0.2, 0.25) is 0 Å². The van der Waals surface area contributed by atoms with E-state index in [4.69, 9.17) is 9.72 Å². The third-order valence-electron chi connectivity index (χ3n) is 6.48. The summed E-state index contributed by atoms with van der Waals surface area (Å²) in [7, 11) is 0. The highest BCUT2D eigenvalue weighted by atomic mass is 16.5. The molecule has 0 aliphatic heterocycles. The molecule has 0 atom stereocenters. The lowest BCUT2D eigenvalue weighted by Gasteiger charge is -2.20. The minimum atomic E-state index is 0.200. The average molecular weight is 434 g/mol. The summed E-state index contributed by atoms with van der Waals surface area (Å²) in [5, 5.41) is 3.15. The van der Waals surface area contributed by atoms with E-state index in [1.54, 1.807) is 0 Å². The first-order valence-corrected chi connectivity index (χ1v) is 12.2. The fraction of sp³-hybridized carbons (Fsp3) is 0.481. The van der Waals surface area contributed by atoms with E-state index in [2.05, 4.69) is 47.1 Å². The molecule has 1 aliphatic carbocycles. The molecule has 4 rings (SSSR count). The fourth-order valence-corrected chi connectivity index (χ4v) is 4.61. The molecule has 2 aromatic carbocycles. The molecule has 1 aromatic heterocycles. The lowest BCUT2D eigenvalue weighted by molar-refractivity contribution is -0.125. The van der Waals surface area contributed by atoms with E-state index in [1.165, 1.54) is 24.8 Å². The molecule has 0 unspecified atom stereocenters. The Morgan fingerprint density at radius 1 is 1.09 bits per heavy atom. The van der Waals surface area contributed by atoms with E-state index in [-0.39, 0.29) is 11.8 Å². The van der Waals surface area contributed by atoms with Gasteiger partial charge in [-0.2, -0.15) is 0 Å². The number of benzene rings is 2. The zero-order chi connectivity index (χ0) is 22.2. The standard InChI is InChI=1S/C27H35N3O2/c1-2-21-13-15-23(16-14-21)32-20-8-19-30-25-12-7-6-11-24(25)29-26(30)17-18-28-27(31)22-9-4-3-5-10-22/h6-7,11-16,22H,2-5,8-10,17-20H2,1H3,(H,28,31). The number of nitrogens with one attached hydrogen (secondary N) is 1. The van der Waals surface area contributed by atoms with Crippen molar-refractivity contribution in [2.45, 2.75) is 64.8 Å². The van der Waals surface area contributed by atoms with E-state index in [0.29, 0.717) is 13.2 Å². The summed E-state index contributed by atoms with van der Waals surface area (Å²) < 4.78 is 8.23. The van der Waals surface area contributed by atoms with Gasteiger partial charge in [0.2, 0.25) is 5.91 Å². The topological polar surface area (TPSA) is 56.1 Å². The molecule has 1 fully saturated rings. The minimum absolute atomic E-state index is 0.200. The zero-order valence-corrected chi connectivity index (χ0v) is 19.2. The maximum Gasteiger partial charge on any atom is 0.223 e. The lowest BCUT2D eigenvalue weighted by atomic mass is 9.89. The number of para-hydroxylation sites is 2. The number of rotatable bonds is 10. The Labute approximate surface area is 191 Å². The van der Waals surface area contributed by atoms with Gasteiger partial charge in [0.1, 0.15) is 11.6 Å². The number of fused-ring (bicyclic) bond motifs is 1.